The molecule has 2 aromatic carbocycles. The van der Waals surface area contributed by atoms with Gasteiger partial charge >= 0.3 is 0 Å². The summed E-state index contributed by atoms with van der Waals surface area (Å²) in [4.78, 5) is 27.9. The van der Waals surface area contributed by atoms with Crippen molar-refractivity contribution in [3.05, 3.63) is 65.7 Å². The van der Waals surface area contributed by atoms with Gasteiger partial charge in [-0.05, 0) is 44.4 Å². The molecule has 0 radical (unpaired) electrons. The third-order valence-electron chi connectivity index (χ3n) is 4.88. The fraction of sp³-hybridized carbons (Fsp3) is 0.333. The minimum Gasteiger partial charge on any atom is -0.355 e. The zero-order valence-electron chi connectivity index (χ0n) is 14.8. The third-order valence-corrected chi connectivity index (χ3v) is 4.88. The number of benzene rings is 2. The topological polar surface area (TPSA) is 49.4 Å². The second-order valence-electron chi connectivity index (χ2n) is 6.65. The Morgan fingerprint density at radius 1 is 1.12 bits per heavy atom. The number of carbonyl (C=O) groups is 2. The lowest BCUT2D eigenvalue weighted by Gasteiger charge is -2.27. The van der Waals surface area contributed by atoms with Crippen molar-refractivity contribution in [2.24, 2.45) is 5.41 Å². The van der Waals surface area contributed by atoms with E-state index in [0.29, 0.717) is 25.9 Å². The summed E-state index contributed by atoms with van der Waals surface area (Å²) in [7, 11) is 0. The van der Waals surface area contributed by atoms with Crippen molar-refractivity contribution in [3.8, 4) is 0 Å². The smallest absolute Gasteiger partial charge is 0.243 e. The summed E-state index contributed by atoms with van der Waals surface area (Å²) in [6.07, 6.45) is 0.960. The van der Waals surface area contributed by atoms with E-state index in [0.717, 1.165) is 16.8 Å². The Bertz CT molecular complexity index is 755. The molecule has 1 aliphatic rings. The van der Waals surface area contributed by atoms with Crippen LogP contribution in [0.5, 0.6) is 0 Å². The molecule has 2 aromatic rings. The number of nitrogens with one attached hydrogen (secondary N) is 1. The van der Waals surface area contributed by atoms with Crippen molar-refractivity contribution in [1.82, 2.24) is 5.32 Å². The van der Waals surface area contributed by atoms with E-state index in [1.807, 2.05) is 68.4 Å². The van der Waals surface area contributed by atoms with Crippen molar-refractivity contribution in [2.45, 2.75) is 26.7 Å². The van der Waals surface area contributed by atoms with Gasteiger partial charge < -0.3 is 10.2 Å². The molecule has 1 fully saturated rings. The van der Waals surface area contributed by atoms with Gasteiger partial charge in [-0.3, -0.25) is 9.59 Å². The minimum atomic E-state index is -1.03. The van der Waals surface area contributed by atoms with Gasteiger partial charge in [0, 0.05) is 18.8 Å². The quantitative estimate of drug-likeness (QED) is 0.853. The molecule has 3 rings (SSSR count). The van der Waals surface area contributed by atoms with Crippen LogP contribution >= 0.6 is 0 Å². The summed E-state index contributed by atoms with van der Waals surface area (Å²) >= 11 is 0. The van der Waals surface area contributed by atoms with E-state index in [-0.39, 0.29) is 11.8 Å². The number of rotatable bonds is 5. The fourth-order valence-corrected chi connectivity index (χ4v) is 3.47. The first-order valence-corrected chi connectivity index (χ1v) is 8.78. The molecule has 1 saturated heterocycles. The van der Waals surface area contributed by atoms with Crippen LogP contribution in [0.4, 0.5) is 5.69 Å². The van der Waals surface area contributed by atoms with E-state index >= 15 is 0 Å². The molecule has 1 aliphatic heterocycles. The molecule has 1 N–H and O–H groups in total. The normalized spacial score (nSPS) is 19.9. The maximum atomic E-state index is 13.3. The second kappa shape index (κ2) is 7.09. The number of hydrogen-bond acceptors (Lipinski definition) is 2. The van der Waals surface area contributed by atoms with Gasteiger partial charge in [-0.25, -0.2) is 0 Å². The molecule has 1 atom stereocenters. The van der Waals surface area contributed by atoms with Gasteiger partial charge in [-0.2, -0.15) is 0 Å². The van der Waals surface area contributed by atoms with Crippen LogP contribution in [0, 0.1) is 12.3 Å². The predicted molar refractivity (Wildman–Crippen MR) is 99.4 cm³/mol. The average molecular weight is 336 g/mol. The van der Waals surface area contributed by atoms with Crippen LogP contribution in [0.15, 0.2) is 54.6 Å². The van der Waals surface area contributed by atoms with Gasteiger partial charge in [-0.1, -0.05) is 48.0 Å². The van der Waals surface area contributed by atoms with Crippen LogP contribution in [-0.2, 0) is 16.0 Å². The molecular formula is C21H24N2O2. The first-order chi connectivity index (χ1) is 12.1. The molecule has 25 heavy (non-hydrogen) atoms. The maximum absolute atomic E-state index is 13.3. The van der Waals surface area contributed by atoms with Crippen molar-refractivity contribution < 1.29 is 9.59 Å². The number of hydrogen-bond donors (Lipinski definition) is 1. The predicted octanol–water partition coefficient (Wildman–Crippen LogP) is 3.10. The fourth-order valence-electron chi connectivity index (χ4n) is 3.47. The first-order valence-electron chi connectivity index (χ1n) is 8.78. The summed E-state index contributed by atoms with van der Waals surface area (Å²) in [5.41, 5.74) is 1.99. The highest BCUT2D eigenvalue weighted by molar-refractivity contribution is 6.13. The monoisotopic (exact) mass is 336 g/mol. The standard InChI is InChI=1S/C21H24N2O2/c1-3-22-19(24)21(15-17-7-5-4-6-8-17)13-14-23(20(21)25)18-11-9-16(2)10-12-18/h4-12H,3,13-15H2,1-2H3,(H,22,24)/t21-/m0/s1. The van der Waals surface area contributed by atoms with E-state index in [2.05, 4.69) is 5.32 Å². The molecule has 0 saturated carbocycles. The van der Waals surface area contributed by atoms with Crippen molar-refractivity contribution in [2.75, 3.05) is 18.0 Å². The molecule has 4 heteroatoms. The van der Waals surface area contributed by atoms with Crippen LogP contribution in [0.2, 0.25) is 0 Å². The van der Waals surface area contributed by atoms with Crippen molar-refractivity contribution in [3.63, 3.8) is 0 Å². The number of anilines is 1. The lowest BCUT2D eigenvalue weighted by Crippen LogP contribution is -2.48. The van der Waals surface area contributed by atoms with E-state index in [1.54, 1.807) is 4.90 Å². The highest BCUT2D eigenvalue weighted by Gasteiger charge is 2.52. The van der Waals surface area contributed by atoms with Gasteiger partial charge in [0.15, 0.2) is 0 Å². The van der Waals surface area contributed by atoms with Crippen LogP contribution in [0.3, 0.4) is 0 Å². The van der Waals surface area contributed by atoms with E-state index in [1.165, 1.54) is 0 Å². The largest absolute Gasteiger partial charge is 0.355 e. The molecule has 0 unspecified atom stereocenters. The summed E-state index contributed by atoms with van der Waals surface area (Å²) in [6.45, 7) is 4.98. The maximum Gasteiger partial charge on any atom is 0.243 e. The summed E-state index contributed by atoms with van der Waals surface area (Å²) in [5, 5.41) is 2.87. The average Bonchev–Trinajstić information content (AvgIpc) is 2.95. The highest BCUT2D eigenvalue weighted by atomic mass is 16.2. The lowest BCUT2D eigenvalue weighted by atomic mass is 9.79. The minimum absolute atomic E-state index is 0.105. The Labute approximate surface area is 148 Å². The number of aryl methyl sites for hydroxylation is 1. The Kier molecular flexibility index (Phi) is 4.88. The first kappa shape index (κ1) is 17.2. The lowest BCUT2D eigenvalue weighted by molar-refractivity contribution is -0.139. The molecule has 0 spiro atoms. The van der Waals surface area contributed by atoms with Crippen LogP contribution in [-0.4, -0.2) is 24.9 Å². The van der Waals surface area contributed by atoms with Gasteiger partial charge in [0.1, 0.15) is 5.41 Å². The summed E-state index contributed by atoms with van der Waals surface area (Å²) in [5.74, 6) is -0.273. The zero-order valence-corrected chi connectivity index (χ0v) is 14.8. The molecule has 0 aromatic heterocycles. The van der Waals surface area contributed by atoms with Gasteiger partial charge in [0.25, 0.3) is 0 Å². The zero-order chi connectivity index (χ0) is 17.9. The summed E-state index contributed by atoms with van der Waals surface area (Å²) < 4.78 is 0. The molecular weight excluding hydrogens is 312 g/mol. The van der Waals surface area contributed by atoms with E-state index in [9.17, 15) is 9.59 Å². The second-order valence-corrected chi connectivity index (χ2v) is 6.65. The van der Waals surface area contributed by atoms with E-state index in [4.69, 9.17) is 0 Å². The number of carbonyl (C=O) groups excluding carboxylic acids is 2. The Balaban J connectivity index is 1.93. The Morgan fingerprint density at radius 2 is 1.80 bits per heavy atom. The van der Waals surface area contributed by atoms with Crippen molar-refractivity contribution >= 4 is 17.5 Å². The molecule has 4 nitrogen and oxygen atoms in total. The molecule has 130 valence electrons. The van der Waals surface area contributed by atoms with Gasteiger partial charge in [0.05, 0.1) is 0 Å². The molecule has 1 heterocycles. The SMILES string of the molecule is CCNC(=O)[C@@]1(Cc2ccccc2)CCN(c2ccc(C)cc2)C1=O. The molecule has 2 amide bonds. The molecule has 0 bridgehead atoms. The summed E-state index contributed by atoms with van der Waals surface area (Å²) in [6, 6.07) is 17.7. The van der Waals surface area contributed by atoms with Gasteiger partial charge in [-0.15, -0.1) is 0 Å². The van der Waals surface area contributed by atoms with Crippen LogP contribution in [0.1, 0.15) is 24.5 Å². The van der Waals surface area contributed by atoms with Gasteiger partial charge in [0.2, 0.25) is 11.8 Å². The van der Waals surface area contributed by atoms with Crippen molar-refractivity contribution in [1.29, 1.82) is 0 Å². The van der Waals surface area contributed by atoms with Crippen LogP contribution < -0.4 is 10.2 Å². The molecule has 0 aliphatic carbocycles. The Hall–Kier alpha value is -2.62. The Morgan fingerprint density at radius 3 is 2.44 bits per heavy atom. The van der Waals surface area contributed by atoms with E-state index < -0.39 is 5.41 Å². The number of amides is 2. The third kappa shape index (κ3) is 3.29. The number of nitrogens with zero attached hydrogens (tertiary/aromatic N) is 1. The van der Waals surface area contributed by atoms with Crippen LogP contribution in [0.25, 0.3) is 0 Å². The highest BCUT2D eigenvalue weighted by Crippen LogP contribution is 2.38.